The molecule has 0 heterocycles. The topological polar surface area (TPSA) is 62.3 Å². The van der Waals surface area contributed by atoms with Crippen LogP contribution in [-0.4, -0.2) is 37.5 Å². The first-order valence-corrected chi connectivity index (χ1v) is 5.88. The van der Waals surface area contributed by atoms with Gasteiger partial charge >= 0.3 is 0 Å². The van der Waals surface area contributed by atoms with E-state index in [1.54, 1.807) is 0 Å². The predicted molar refractivity (Wildman–Crippen MR) is 70.6 cm³/mol. The maximum atomic E-state index is 7.14. The molecule has 0 spiro atoms. The van der Waals surface area contributed by atoms with Crippen molar-refractivity contribution < 1.29 is 4.74 Å². The number of amidine groups is 1. The summed E-state index contributed by atoms with van der Waals surface area (Å²) in [5, 5.41) is 7.14. The molecule has 0 aliphatic rings. The van der Waals surface area contributed by atoms with Crippen LogP contribution >= 0.6 is 0 Å². The molecule has 0 amide bonds. The Morgan fingerprint density at radius 2 is 2.00 bits per heavy atom. The van der Waals surface area contributed by atoms with Gasteiger partial charge in [0.1, 0.15) is 5.75 Å². The van der Waals surface area contributed by atoms with Gasteiger partial charge in [-0.15, -0.1) is 0 Å². The Balaban J connectivity index is 2.06. The van der Waals surface area contributed by atoms with Crippen LogP contribution in [0.5, 0.6) is 5.75 Å². The van der Waals surface area contributed by atoms with Crippen LogP contribution < -0.4 is 10.5 Å². The first-order chi connectivity index (χ1) is 8.18. The van der Waals surface area contributed by atoms with Crippen molar-refractivity contribution >= 4 is 5.84 Å². The number of hydrogen-bond donors (Lipinski definition) is 2. The van der Waals surface area contributed by atoms with Crippen LogP contribution in [0, 0.1) is 5.41 Å². The lowest BCUT2D eigenvalue weighted by molar-refractivity contribution is 0.265. The number of ether oxygens (including phenoxy) is 1. The zero-order valence-corrected chi connectivity index (χ0v) is 10.4. The van der Waals surface area contributed by atoms with Crippen LogP contribution in [0.15, 0.2) is 30.3 Å². The number of benzene rings is 1. The molecule has 0 unspecified atom stereocenters. The van der Waals surface area contributed by atoms with E-state index in [0.717, 1.165) is 25.3 Å². The number of hydrogen-bond acceptors (Lipinski definition) is 3. The maximum Gasteiger partial charge on any atom is 0.119 e. The van der Waals surface area contributed by atoms with Crippen molar-refractivity contribution in [3.05, 3.63) is 30.3 Å². The highest BCUT2D eigenvalue weighted by molar-refractivity contribution is 5.76. The molecule has 0 bridgehead atoms. The minimum atomic E-state index is 0.248. The van der Waals surface area contributed by atoms with Gasteiger partial charge < -0.3 is 15.4 Å². The molecule has 1 aromatic rings. The molecule has 0 aliphatic heterocycles. The summed E-state index contributed by atoms with van der Waals surface area (Å²) in [6, 6.07) is 9.82. The summed E-state index contributed by atoms with van der Waals surface area (Å²) in [4.78, 5) is 2.16. The van der Waals surface area contributed by atoms with E-state index in [9.17, 15) is 0 Å². The molecule has 1 aromatic carbocycles. The highest BCUT2D eigenvalue weighted by atomic mass is 16.5. The van der Waals surface area contributed by atoms with Gasteiger partial charge in [0.15, 0.2) is 0 Å². The van der Waals surface area contributed by atoms with E-state index >= 15 is 0 Å². The van der Waals surface area contributed by atoms with E-state index in [2.05, 4.69) is 4.90 Å². The maximum absolute atomic E-state index is 7.14. The third kappa shape index (κ3) is 6.58. The Labute approximate surface area is 103 Å². The van der Waals surface area contributed by atoms with Crippen molar-refractivity contribution in [2.45, 2.75) is 12.8 Å². The Kier molecular flexibility index (Phi) is 6.10. The quantitative estimate of drug-likeness (QED) is 0.409. The number of nitrogens with zero attached hydrogens (tertiary/aromatic N) is 1. The highest BCUT2D eigenvalue weighted by Crippen LogP contribution is 2.08. The monoisotopic (exact) mass is 235 g/mol. The van der Waals surface area contributed by atoms with E-state index < -0.39 is 0 Å². The SMILES string of the molecule is CN(CCCOc1ccccc1)CCC(=N)N. The van der Waals surface area contributed by atoms with Crippen LogP contribution in [0.25, 0.3) is 0 Å². The van der Waals surface area contributed by atoms with Gasteiger partial charge in [-0.1, -0.05) is 18.2 Å². The van der Waals surface area contributed by atoms with Gasteiger partial charge in [-0.05, 0) is 25.6 Å². The summed E-state index contributed by atoms with van der Waals surface area (Å²) in [6.45, 7) is 2.51. The molecule has 94 valence electrons. The molecule has 3 N–H and O–H groups in total. The summed E-state index contributed by atoms with van der Waals surface area (Å²) in [6.07, 6.45) is 1.61. The molecule has 0 saturated heterocycles. The lowest BCUT2D eigenvalue weighted by Crippen LogP contribution is -2.26. The average Bonchev–Trinajstić information content (AvgIpc) is 2.33. The van der Waals surface area contributed by atoms with Crippen LogP contribution in [0.2, 0.25) is 0 Å². The predicted octanol–water partition coefficient (Wildman–Crippen LogP) is 1.71. The van der Waals surface area contributed by atoms with Crippen LogP contribution in [0.4, 0.5) is 0 Å². The van der Waals surface area contributed by atoms with Gasteiger partial charge in [0.2, 0.25) is 0 Å². The van der Waals surface area contributed by atoms with Crippen molar-refractivity contribution in [1.29, 1.82) is 5.41 Å². The third-order valence-electron chi connectivity index (χ3n) is 2.46. The van der Waals surface area contributed by atoms with Gasteiger partial charge in [-0.25, -0.2) is 0 Å². The van der Waals surface area contributed by atoms with Crippen molar-refractivity contribution in [2.75, 3.05) is 26.7 Å². The zero-order valence-electron chi connectivity index (χ0n) is 10.4. The molecule has 0 radical (unpaired) electrons. The lowest BCUT2D eigenvalue weighted by Gasteiger charge is -2.16. The number of rotatable bonds is 8. The summed E-state index contributed by atoms with van der Waals surface area (Å²) >= 11 is 0. The second-order valence-electron chi connectivity index (χ2n) is 4.09. The van der Waals surface area contributed by atoms with E-state index in [0.29, 0.717) is 13.0 Å². The van der Waals surface area contributed by atoms with Gasteiger partial charge in [-0.3, -0.25) is 5.41 Å². The fraction of sp³-hybridized carbons (Fsp3) is 0.462. The number of para-hydroxylation sites is 1. The number of nitrogens with two attached hydrogens (primary N) is 1. The van der Waals surface area contributed by atoms with Crippen molar-refractivity contribution in [3.63, 3.8) is 0 Å². The lowest BCUT2D eigenvalue weighted by atomic mass is 10.3. The fourth-order valence-corrected chi connectivity index (χ4v) is 1.46. The van der Waals surface area contributed by atoms with Gasteiger partial charge in [0, 0.05) is 19.5 Å². The van der Waals surface area contributed by atoms with Crippen LogP contribution in [-0.2, 0) is 0 Å². The molecule has 17 heavy (non-hydrogen) atoms. The minimum Gasteiger partial charge on any atom is -0.494 e. The zero-order chi connectivity index (χ0) is 12.5. The highest BCUT2D eigenvalue weighted by Gasteiger charge is 1.99. The molecule has 0 aromatic heterocycles. The van der Waals surface area contributed by atoms with Crippen molar-refractivity contribution in [1.82, 2.24) is 4.90 Å². The minimum absolute atomic E-state index is 0.248. The second-order valence-corrected chi connectivity index (χ2v) is 4.09. The largest absolute Gasteiger partial charge is 0.494 e. The van der Waals surface area contributed by atoms with E-state index in [-0.39, 0.29) is 5.84 Å². The summed E-state index contributed by atoms with van der Waals surface area (Å²) in [5.41, 5.74) is 5.30. The summed E-state index contributed by atoms with van der Waals surface area (Å²) in [7, 11) is 2.03. The van der Waals surface area contributed by atoms with E-state index in [4.69, 9.17) is 15.9 Å². The van der Waals surface area contributed by atoms with Gasteiger partial charge in [-0.2, -0.15) is 0 Å². The molecule has 0 fully saturated rings. The molecule has 0 atom stereocenters. The van der Waals surface area contributed by atoms with E-state index in [1.165, 1.54) is 0 Å². The second kappa shape index (κ2) is 7.68. The summed E-state index contributed by atoms with van der Waals surface area (Å²) < 4.78 is 5.59. The van der Waals surface area contributed by atoms with Crippen LogP contribution in [0.1, 0.15) is 12.8 Å². The molecule has 1 rings (SSSR count). The van der Waals surface area contributed by atoms with E-state index in [1.807, 2.05) is 37.4 Å². The normalized spacial score (nSPS) is 10.5. The Bertz CT molecular complexity index is 327. The first-order valence-electron chi connectivity index (χ1n) is 5.88. The Morgan fingerprint density at radius 1 is 1.29 bits per heavy atom. The standard InChI is InChI=1S/C13H21N3O/c1-16(10-8-13(14)15)9-5-11-17-12-6-3-2-4-7-12/h2-4,6-7H,5,8-11H2,1H3,(H3,14,15). The molecule has 0 aliphatic carbocycles. The smallest absolute Gasteiger partial charge is 0.119 e. The van der Waals surface area contributed by atoms with Gasteiger partial charge in [0.05, 0.1) is 12.4 Å². The molecule has 4 heteroatoms. The molecule has 4 nitrogen and oxygen atoms in total. The molecular weight excluding hydrogens is 214 g/mol. The molecule has 0 saturated carbocycles. The van der Waals surface area contributed by atoms with Crippen LogP contribution in [0.3, 0.4) is 0 Å². The first kappa shape index (κ1) is 13.5. The summed E-state index contributed by atoms with van der Waals surface area (Å²) in [5.74, 6) is 1.16. The van der Waals surface area contributed by atoms with Crippen molar-refractivity contribution in [3.8, 4) is 5.75 Å². The third-order valence-corrected chi connectivity index (χ3v) is 2.46. The fourth-order valence-electron chi connectivity index (χ4n) is 1.46. The molecular formula is C13H21N3O. The van der Waals surface area contributed by atoms with Gasteiger partial charge in [0.25, 0.3) is 0 Å². The Hall–Kier alpha value is -1.55. The van der Waals surface area contributed by atoms with Crippen molar-refractivity contribution in [2.24, 2.45) is 5.73 Å². The average molecular weight is 235 g/mol. The Morgan fingerprint density at radius 3 is 2.65 bits per heavy atom. The number of nitrogens with one attached hydrogen (secondary N) is 1.